The van der Waals surface area contributed by atoms with Gasteiger partial charge in [0.25, 0.3) is 0 Å². The zero-order valence-corrected chi connectivity index (χ0v) is 13.1. The second-order valence-corrected chi connectivity index (χ2v) is 7.94. The summed E-state index contributed by atoms with van der Waals surface area (Å²) < 4.78 is 14.8. The highest BCUT2D eigenvalue weighted by Crippen LogP contribution is 2.18. The summed E-state index contributed by atoms with van der Waals surface area (Å²) >= 11 is 5.09. The number of rotatable bonds is 5. The minimum absolute atomic E-state index is 0.210. The monoisotopic (exact) mass is 287 g/mol. The van der Waals surface area contributed by atoms with Crippen LogP contribution in [0.5, 0.6) is 0 Å². The molecule has 0 fully saturated rings. The number of hydrogen-bond donors (Lipinski definition) is 1. The van der Waals surface area contributed by atoms with Gasteiger partial charge < -0.3 is 4.55 Å². The van der Waals surface area contributed by atoms with Crippen LogP contribution in [0.3, 0.4) is 0 Å². The van der Waals surface area contributed by atoms with E-state index in [0.29, 0.717) is 0 Å². The quantitative estimate of drug-likeness (QED) is 0.838. The summed E-state index contributed by atoms with van der Waals surface area (Å²) in [6.07, 6.45) is 1.82. The van der Waals surface area contributed by atoms with Crippen molar-refractivity contribution in [3.05, 3.63) is 34.9 Å². The molecule has 1 aromatic rings. The van der Waals surface area contributed by atoms with Gasteiger partial charge in [-0.2, -0.15) is 0 Å². The van der Waals surface area contributed by atoms with Crippen molar-refractivity contribution in [1.82, 2.24) is 4.72 Å². The molecule has 0 spiro atoms. The van der Waals surface area contributed by atoms with E-state index >= 15 is 0 Å². The maximum Gasteiger partial charge on any atom is 0.136 e. The molecule has 0 saturated carbocycles. The molecule has 0 saturated heterocycles. The first kappa shape index (κ1) is 15.8. The molecule has 0 heterocycles. The lowest BCUT2D eigenvalue weighted by molar-refractivity contribution is 0.517. The van der Waals surface area contributed by atoms with Crippen molar-refractivity contribution in [2.45, 2.75) is 51.3 Å². The normalized spacial score (nSPS) is 15.4. The minimum atomic E-state index is -1.01. The van der Waals surface area contributed by atoms with Gasteiger partial charge in [-0.05, 0) is 52.2 Å². The number of benzene rings is 1. The van der Waals surface area contributed by atoms with Crippen LogP contribution >= 0.6 is 11.6 Å². The van der Waals surface area contributed by atoms with Gasteiger partial charge in [0.1, 0.15) is 4.75 Å². The Morgan fingerprint density at radius 2 is 1.94 bits per heavy atom. The predicted octanol–water partition coefficient (Wildman–Crippen LogP) is 3.71. The van der Waals surface area contributed by atoms with Crippen molar-refractivity contribution in [3.63, 3.8) is 0 Å². The molecule has 18 heavy (non-hydrogen) atoms. The van der Waals surface area contributed by atoms with E-state index in [2.05, 4.69) is 11.6 Å². The minimum Gasteiger partial charge on any atom is -0.598 e. The fraction of sp³-hybridized carbons (Fsp3) is 0.571. The van der Waals surface area contributed by atoms with Gasteiger partial charge in [0, 0.05) is 16.4 Å². The zero-order valence-electron chi connectivity index (χ0n) is 11.5. The predicted molar refractivity (Wildman–Crippen MR) is 80.3 cm³/mol. The van der Waals surface area contributed by atoms with E-state index in [1.807, 2.05) is 45.0 Å². The molecule has 0 aliphatic heterocycles. The molecule has 1 aromatic carbocycles. The van der Waals surface area contributed by atoms with Gasteiger partial charge in [-0.3, -0.25) is 0 Å². The summed E-state index contributed by atoms with van der Waals surface area (Å²) in [6, 6.07) is 8.08. The van der Waals surface area contributed by atoms with Crippen molar-refractivity contribution in [3.8, 4) is 0 Å². The summed E-state index contributed by atoms with van der Waals surface area (Å²) in [6.45, 7) is 7.96. The van der Waals surface area contributed by atoms with Gasteiger partial charge in [-0.25, -0.2) is 0 Å². The third kappa shape index (κ3) is 5.19. The summed E-state index contributed by atoms with van der Waals surface area (Å²) in [5.41, 5.74) is 1.15. The van der Waals surface area contributed by atoms with E-state index in [9.17, 15) is 4.55 Å². The molecule has 102 valence electrons. The Kier molecular flexibility index (Phi) is 5.99. The first-order valence-electron chi connectivity index (χ1n) is 6.22. The lowest BCUT2D eigenvalue weighted by Crippen LogP contribution is -2.43. The van der Waals surface area contributed by atoms with Gasteiger partial charge in [0.15, 0.2) is 0 Å². The third-order valence-corrected chi connectivity index (χ3v) is 4.77. The van der Waals surface area contributed by atoms with E-state index in [0.717, 1.165) is 23.4 Å². The van der Waals surface area contributed by atoms with Crippen molar-refractivity contribution in [2.75, 3.05) is 0 Å². The molecule has 0 amide bonds. The van der Waals surface area contributed by atoms with Gasteiger partial charge in [-0.15, -0.1) is 4.72 Å². The fourth-order valence-electron chi connectivity index (χ4n) is 1.49. The number of hydrogen-bond acceptors (Lipinski definition) is 2. The van der Waals surface area contributed by atoms with Crippen LogP contribution in [0, 0.1) is 0 Å². The maximum atomic E-state index is 11.9. The van der Waals surface area contributed by atoms with Crippen LogP contribution in [-0.4, -0.2) is 15.3 Å². The molecular weight excluding hydrogens is 266 g/mol. The second kappa shape index (κ2) is 6.80. The first-order valence-corrected chi connectivity index (χ1v) is 7.75. The molecule has 1 N–H and O–H groups in total. The Bertz CT molecular complexity index is 378. The highest BCUT2D eigenvalue weighted by atomic mass is 35.5. The Balaban J connectivity index is 2.43. The van der Waals surface area contributed by atoms with Crippen molar-refractivity contribution < 1.29 is 4.55 Å². The molecule has 0 aliphatic rings. The highest BCUT2D eigenvalue weighted by Gasteiger charge is 2.27. The topological polar surface area (TPSA) is 35.1 Å². The van der Waals surface area contributed by atoms with E-state index < -0.39 is 11.4 Å². The molecule has 4 heteroatoms. The number of nitrogens with one attached hydrogen (secondary N) is 1. The zero-order chi connectivity index (χ0) is 13.8. The lowest BCUT2D eigenvalue weighted by Gasteiger charge is -2.26. The van der Waals surface area contributed by atoms with Crippen LogP contribution in [0.1, 0.15) is 39.7 Å². The van der Waals surface area contributed by atoms with Crippen molar-refractivity contribution in [1.29, 1.82) is 0 Å². The number of aryl methyl sites for hydroxylation is 1. The summed E-state index contributed by atoms with van der Waals surface area (Å²) in [7, 11) is 0. The molecule has 1 rings (SSSR count). The third-order valence-electron chi connectivity index (χ3n) is 2.67. The largest absolute Gasteiger partial charge is 0.598 e. The van der Waals surface area contributed by atoms with Crippen LogP contribution in [0.4, 0.5) is 0 Å². The lowest BCUT2D eigenvalue weighted by atomic mass is 10.1. The standard InChI is InChI=1S/C14H22ClNOS/c1-11(16-18(17)14(2,3)4)9-10-12-7-5-6-8-13(12)15/h5-8,11,16H,9-10H2,1-4H3. The van der Waals surface area contributed by atoms with Gasteiger partial charge in [0.2, 0.25) is 0 Å². The molecule has 2 unspecified atom stereocenters. The second-order valence-electron chi connectivity index (χ2n) is 5.53. The molecular formula is C14H22ClNOS. The van der Waals surface area contributed by atoms with Crippen LogP contribution in [0.25, 0.3) is 0 Å². The van der Waals surface area contributed by atoms with Crippen molar-refractivity contribution in [2.24, 2.45) is 0 Å². The fourth-order valence-corrected chi connectivity index (χ4v) is 2.56. The Morgan fingerprint density at radius 3 is 2.50 bits per heavy atom. The number of halogens is 1. The average Bonchev–Trinajstić information content (AvgIpc) is 2.26. The molecule has 0 radical (unpaired) electrons. The summed E-state index contributed by atoms with van der Waals surface area (Å²) in [5, 5.41) is 0.807. The van der Waals surface area contributed by atoms with Crippen LogP contribution in [-0.2, 0) is 17.8 Å². The van der Waals surface area contributed by atoms with Gasteiger partial charge >= 0.3 is 0 Å². The first-order chi connectivity index (χ1) is 8.30. The van der Waals surface area contributed by atoms with E-state index in [1.165, 1.54) is 0 Å². The van der Waals surface area contributed by atoms with Crippen molar-refractivity contribution >= 4 is 23.0 Å². The Labute approximate surface area is 118 Å². The molecule has 0 bridgehead atoms. The molecule has 0 aliphatic carbocycles. The smallest absolute Gasteiger partial charge is 0.136 e. The van der Waals surface area contributed by atoms with E-state index in [4.69, 9.17) is 11.6 Å². The Hall–Kier alpha value is -0.220. The molecule has 0 aromatic heterocycles. The highest BCUT2D eigenvalue weighted by molar-refractivity contribution is 7.90. The molecule has 2 atom stereocenters. The summed E-state index contributed by atoms with van der Waals surface area (Å²) in [5.74, 6) is 0. The average molecular weight is 288 g/mol. The Morgan fingerprint density at radius 1 is 1.33 bits per heavy atom. The van der Waals surface area contributed by atoms with Crippen LogP contribution in [0.2, 0.25) is 5.02 Å². The van der Waals surface area contributed by atoms with Gasteiger partial charge in [0.05, 0.1) is 6.04 Å². The maximum absolute atomic E-state index is 11.9. The van der Waals surface area contributed by atoms with Crippen LogP contribution in [0.15, 0.2) is 24.3 Å². The van der Waals surface area contributed by atoms with E-state index in [-0.39, 0.29) is 10.8 Å². The van der Waals surface area contributed by atoms with Gasteiger partial charge in [-0.1, -0.05) is 29.8 Å². The summed E-state index contributed by atoms with van der Waals surface area (Å²) in [4.78, 5) is 0. The van der Waals surface area contributed by atoms with Crippen LogP contribution < -0.4 is 4.72 Å². The SMILES string of the molecule is CC(CCc1ccccc1Cl)N[S+]([O-])C(C)(C)C. The van der Waals surface area contributed by atoms with E-state index in [1.54, 1.807) is 0 Å². The molecule has 2 nitrogen and oxygen atoms in total.